The second kappa shape index (κ2) is 8.22. The van der Waals surface area contributed by atoms with Crippen molar-refractivity contribution in [3.8, 4) is 11.3 Å². The van der Waals surface area contributed by atoms with Crippen LogP contribution in [0.25, 0.3) is 11.3 Å². The zero-order valence-electron chi connectivity index (χ0n) is 12.2. The molecule has 0 saturated carbocycles. The lowest BCUT2D eigenvalue weighted by Crippen LogP contribution is -2.37. The van der Waals surface area contributed by atoms with Gasteiger partial charge >= 0.3 is 0 Å². The number of aromatic amines is 1. The second-order valence-corrected chi connectivity index (χ2v) is 6.15. The summed E-state index contributed by atoms with van der Waals surface area (Å²) in [5, 5.41) is 19.4. The summed E-state index contributed by atoms with van der Waals surface area (Å²) in [5.41, 5.74) is 1.90. The van der Waals surface area contributed by atoms with Gasteiger partial charge in [0.15, 0.2) is 0 Å². The summed E-state index contributed by atoms with van der Waals surface area (Å²) in [6.45, 7) is 0.0397. The molecule has 1 aromatic carbocycles. The average molecular weight is 340 g/mol. The molecule has 2 aromatic rings. The zero-order valence-corrected chi connectivity index (χ0v) is 13.7. The Bertz CT molecular complexity index is 627. The number of aromatic nitrogens is 2. The summed E-state index contributed by atoms with van der Waals surface area (Å²) < 4.78 is 0. The van der Waals surface area contributed by atoms with E-state index >= 15 is 0 Å². The fourth-order valence-corrected chi connectivity index (χ4v) is 2.98. The van der Waals surface area contributed by atoms with Crippen molar-refractivity contribution in [1.29, 1.82) is 0 Å². The van der Waals surface area contributed by atoms with E-state index in [4.69, 9.17) is 16.7 Å². The molecule has 0 aliphatic rings. The fraction of sp³-hybridized carbons (Fsp3) is 0.333. The summed E-state index contributed by atoms with van der Waals surface area (Å²) in [4.78, 5) is 12.4. The average Bonchev–Trinajstić information content (AvgIpc) is 2.97. The molecule has 2 rings (SSSR count). The van der Waals surface area contributed by atoms with Gasteiger partial charge in [-0.2, -0.15) is 16.9 Å². The minimum absolute atomic E-state index is 0.0397. The lowest BCUT2D eigenvalue weighted by atomic mass is 10.1. The standard InChI is InChI=1S/C15H18ClN3O2S/c1-22-9-12(5-6-20)18-15(21)13-8-17-19-14(13)10-3-2-4-11(16)7-10/h2-4,7-8,12,20H,5-6,9H2,1H3,(H,17,19)(H,18,21). The number of H-pyrrole nitrogens is 1. The highest BCUT2D eigenvalue weighted by atomic mass is 35.5. The number of amides is 1. The summed E-state index contributed by atoms with van der Waals surface area (Å²) in [6, 6.07) is 7.16. The largest absolute Gasteiger partial charge is 0.396 e. The minimum Gasteiger partial charge on any atom is -0.396 e. The smallest absolute Gasteiger partial charge is 0.255 e. The first-order chi connectivity index (χ1) is 10.7. The predicted octanol–water partition coefficient (Wildman–Crippen LogP) is 2.57. The van der Waals surface area contributed by atoms with Crippen molar-refractivity contribution in [3.05, 3.63) is 41.0 Å². The maximum atomic E-state index is 12.4. The van der Waals surface area contributed by atoms with E-state index in [-0.39, 0.29) is 18.6 Å². The van der Waals surface area contributed by atoms with Crippen molar-refractivity contribution in [2.75, 3.05) is 18.6 Å². The van der Waals surface area contributed by atoms with Gasteiger partial charge in [-0.15, -0.1) is 0 Å². The summed E-state index contributed by atoms with van der Waals surface area (Å²) >= 11 is 7.62. The number of hydrogen-bond donors (Lipinski definition) is 3. The Morgan fingerprint density at radius 3 is 3.05 bits per heavy atom. The van der Waals surface area contributed by atoms with Crippen molar-refractivity contribution in [1.82, 2.24) is 15.5 Å². The highest BCUT2D eigenvalue weighted by molar-refractivity contribution is 7.98. The monoisotopic (exact) mass is 339 g/mol. The molecule has 0 aliphatic heterocycles. The number of thioether (sulfide) groups is 1. The molecule has 0 aliphatic carbocycles. The van der Waals surface area contributed by atoms with Gasteiger partial charge < -0.3 is 10.4 Å². The Balaban J connectivity index is 2.19. The third-order valence-electron chi connectivity index (χ3n) is 3.18. The van der Waals surface area contributed by atoms with Crippen LogP contribution in [0.1, 0.15) is 16.8 Å². The van der Waals surface area contributed by atoms with E-state index in [1.165, 1.54) is 6.20 Å². The molecule has 0 radical (unpaired) electrons. The summed E-state index contributed by atoms with van der Waals surface area (Å²) in [5.74, 6) is 0.535. The Kier molecular flexibility index (Phi) is 6.30. The molecule has 1 heterocycles. The fourth-order valence-electron chi connectivity index (χ4n) is 2.14. The van der Waals surface area contributed by atoms with Gasteiger partial charge in [-0.25, -0.2) is 0 Å². The molecule has 0 fully saturated rings. The van der Waals surface area contributed by atoms with Crippen LogP contribution in [0, 0.1) is 0 Å². The molecule has 118 valence electrons. The maximum absolute atomic E-state index is 12.4. The molecule has 0 saturated heterocycles. The highest BCUT2D eigenvalue weighted by Crippen LogP contribution is 2.24. The third kappa shape index (κ3) is 4.25. The first-order valence-electron chi connectivity index (χ1n) is 6.85. The van der Waals surface area contributed by atoms with Crippen LogP contribution in [-0.2, 0) is 0 Å². The Hall–Kier alpha value is -1.50. The van der Waals surface area contributed by atoms with Gasteiger partial charge in [-0.1, -0.05) is 23.7 Å². The van der Waals surface area contributed by atoms with Crippen LogP contribution in [0.2, 0.25) is 5.02 Å². The predicted molar refractivity (Wildman–Crippen MR) is 90.4 cm³/mol. The zero-order chi connectivity index (χ0) is 15.9. The third-order valence-corrected chi connectivity index (χ3v) is 4.15. The summed E-state index contributed by atoms with van der Waals surface area (Å²) in [6.07, 6.45) is 3.99. The Labute approximate surface area is 138 Å². The van der Waals surface area contributed by atoms with Crippen LogP contribution >= 0.6 is 23.4 Å². The van der Waals surface area contributed by atoms with Crippen molar-refractivity contribution < 1.29 is 9.90 Å². The molecule has 22 heavy (non-hydrogen) atoms. The van der Waals surface area contributed by atoms with Gasteiger partial charge in [0.1, 0.15) is 0 Å². The van der Waals surface area contributed by atoms with E-state index in [1.807, 2.05) is 18.4 Å². The first-order valence-corrected chi connectivity index (χ1v) is 8.63. The molecule has 1 amide bonds. The van der Waals surface area contributed by atoms with E-state index in [0.717, 1.165) is 11.3 Å². The SMILES string of the molecule is CSCC(CCO)NC(=O)c1cn[nH]c1-c1cccc(Cl)c1. The van der Waals surface area contributed by atoms with Crippen LogP contribution in [0.4, 0.5) is 0 Å². The molecule has 1 unspecified atom stereocenters. The summed E-state index contributed by atoms with van der Waals surface area (Å²) in [7, 11) is 0. The van der Waals surface area contributed by atoms with E-state index in [2.05, 4.69) is 15.5 Å². The van der Waals surface area contributed by atoms with Gasteiger partial charge in [0.05, 0.1) is 17.5 Å². The minimum atomic E-state index is -0.212. The number of aliphatic hydroxyl groups excluding tert-OH is 1. The number of rotatable bonds is 7. The van der Waals surface area contributed by atoms with Gasteiger partial charge in [-0.05, 0) is 24.8 Å². The van der Waals surface area contributed by atoms with Gasteiger partial charge in [0.25, 0.3) is 5.91 Å². The number of halogens is 1. The van der Waals surface area contributed by atoms with Gasteiger partial charge in [-0.3, -0.25) is 9.89 Å². The van der Waals surface area contributed by atoms with Crippen molar-refractivity contribution in [2.45, 2.75) is 12.5 Å². The van der Waals surface area contributed by atoms with E-state index in [0.29, 0.717) is 22.7 Å². The number of hydrogen-bond acceptors (Lipinski definition) is 4. The van der Waals surface area contributed by atoms with Gasteiger partial charge in [0.2, 0.25) is 0 Å². The molecule has 1 atom stereocenters. The maximum Gasteiger partial charge on any atom is 0.255 e. The van der Waals surface area contributed by atoms with Crippen molar-refractivity contribution in [3.63, 3.8) is 0 Å². The lowest BCUT2D eigenvalue weighted by molar-refractivity contribution is 0.0936. The number of nitrogens with one attached hydrogen (secondary N) is 2. The van der Waals surface area contributed by atoms with E-state index in [9.17, 15) is 4.79 Å². The molecular formula is C15H18ClN3O2S. The topological polar surface area (TPSA) is 78.0 Å². The normalized spacial score (nSPS) is 12.1. The number of benzene rings is 1. The Morgan fingerprint density at radius 2 is 2.36 bits per heavy atom. The molecule has 7 heteroatoms. The van der Waals surface area contributed by atoms with Crippen LogP contribution < -0.4 is 5.32 Å². The quantitative estimate of drug-likeness (QED) is 0.724. The molecular weight excluding hydrogens is 322 g/mol. The van der Waals surface area contributed by atoms with Crippen LogP contribution in [0.5, 0.6) is 0 Å². The van der Waals surface area contributed by atoms with Crippen LogP contribution in [-0.4, -0.2) is 45.9 Å². The molecule has 0 spiro atoms. The Morgan fingerprint density at radius 1 is 1.55 bits per heavy atom. The van der Waals surface area contributed by atoms with Crippen LogP contribution in [0.15, 0.2) is 30.5 Å². The molecule has 0 bridgehead atoms. The number of aliphatic hydroxyl groups is 1. The lowest BCUT2D eigenvalue weighted by Gasteiger charge is -2.16. The number of carbonyl (C=O) groups is 1. The molecule has 1 aromatic heterocycles. The second-order valence-electron chi connectivity index (χ2n) is 4.81. The molecule has 3 N–H and O–H groups in total. The number of carbonyl (C=O) groups excluding carboxylic acids is 1. The van der Waals surface area contributed by atoms with Crippen molar-refractivity contribution >= 4 is 29.3 Å². The van der Waals surface area contributed by atoms with Crippen molar-refractivity contribution in [2.24, 2.45) is 0 Å². The highest BCUT2D eigenvalue weighted by Gasteiger charge is 2.18. The van der Waals surface area contributed by atoms with E-state index < -0.39 is 0 Å². The number of nitrogens with zero attached hydrogens (tertiary/aromatic N) is 1. The molecule has 5 nitrogen and oxygen atoms in total. The van der Waals surface area contributed by atoms with E-state index in [1.54, 1.807) is 23.9 Å². The first kappa shape index (κ1) is 16.9. The van der Waals surface area contributed by atoms with Gasteiger partial charge in [0, 0.05) is 29.0 Å². The van der Waals surface area contributed by atoms with Crippen LogP contribution in [0.3, 0.4) is 0 Å².